The molecule has 7 nitrogen and oxygen atoms in total. The molecule has 5 unspecified atom stereocenters. The first kappa shape index (κ1) is 24.3. The van der Waals surface area contributed by atoms with Crippen molar-refractivity contribution in [1.29, 1.82) is 0 Å². The van der Waals surface area contributed by atoms with Gasteiger partial charge in [0.15, 0.2) is 0 Å². The number of hydrogen-bond donors (Lipinski definition) is 0. The molecule has 5 aromatic rings. The van der Waals surface area contributed by atoms with Gasteiger partial charge in [-0.15, -0.1) is 0 Å². The van der Waals surface area contributed by atoms with Crippen LogP contribution in [0.25, 0.3) is 0 Å². The Labute approximate surface area is 255 Å². The molecule has 0 radical (unpaired) electrons. The van der Waals surface area contributed by atoms with E-state index in [0.29, 0.717) is 13.8 Å². The van der Waals surface area contributed by atoms with Crippen LogP contribution in [-0.4, -0.2) is 36.3 Å². The molecule has 0 amide bonds. The van der Waals surface area contributed by atoms with E-state index in [1.807, 2.05) is 12.4 Å². The summed E-state index contributed by atoms with van der Waals surface area (Å²) in [6.45, 7) is 4.41. The zero-order chi connectivity index (χ0) is 28.6. The minimum atomic E-state index is -3.03. The zero-order valence-electron chi connectivity index (χ0n) is 24.2. The molecule has 0 aliphatic carbocycles. The normalized spacial score (nSPS) is 28.1. The summed E-state index contributed by atoms with van der Waals surface area (Å²) in [4.78, 5) is 25.7. The van der Waals surface area contributed by atoms with E-state index in [1.165, 1.54) is 28.3 Å². The van der Waals surface area contributed by atoms with Gasteiger partial charge in [0.05, 0.1) is 0 Å². The number of rotatable bonds is 2. The van der Waals surface area contributed by atoms with Crippen molar-refractivity contribution in [2.45, 2.75) is 38.0 Å². The molecule has 0 bridgehead atoms. The van der Waals surface area contributed by atoms with Crippen molar-refractivity contribution < 1.29 is 18.4 Å². The molecule has 8 heteroatoms. The van der Waals surface area contributed by atoms with Crippen LogP contribution in [0.2, 0.25) is 0 Å². The summed E-state index contributed by atoms with van der Waals surface area (Å²) in [5.74, 6) is 3.37. The molecule has 5 atom stereocenters. The summed E-state index contributed by atoms with van der Waals surface area (Å²) in [5.41, 5.74) is 7.57. The summed E-state index contributed by atoms with van der Waals surface area (Å²) in [6, 6.07) is 33.6. The van der Waals surface area contributed by atoms with Crippen molar-refractivity contribution in [2.75, 3.05) is 26.6 Å². The van der Waals surface area contributed by atoms with Crippen LogP contribution in [0, 0.1) is 3.57 Å². The van der Waals surface area contributed by atoms with Gasteiger partial charge in [0.1, 0.15) is 0 Å². The fourth-order valence-electron chi connectivity index (χ4n) is 8.10. The molecule has 5 aliphatic heterocycles. The molecule has 0 saturated carbocycles. The molecule has 10 rings (SSSR count). The second-order valence-corrected chi connectivity index (χ2v) is 21.4. The second kappa shape index (κ2) is 8.25. The quantitative estimate of drug-likeness (QED) is 0.160. The Kier molecular flexibility index (Phi) is 4.66. The maximum absolute atomic E-state index is 5.35. The summed E-state index contributed by atoms with van der Waals surface area (Å²) in [6.07, 6.45) is 4.16. The van der Waals surface area contributed by atoms with Gasteiger partial charge in [0.25, 0.3) is 0 Å². The Balaban J connectivity index is 1.26. The van der Waals surface area contributed by atoms with Gasteiger partial charge in [-0.2, -0.15) is 0 Å². The van der Waals surface area contributed by atoms with Crippen molar-refractivity contribution in [3.63, 3.8) is 0 Å². The van der Waals surface area contributed by atoms with E-state index in [4.69, 9.17) is 15.0 Å². The standard InChI is InChI=1S/C35H31IN7/c1-21(2)25-20-38-32-33(39-25)41(22-12-5-4-6-13-22)35-36(24-15-8-10-17-27(24)43(32)35)29-23-14-7-9-16-26(23)42-31-28(18-11-19-37-31)40(3)34(42)30(29)36/h4-21,29-30,34-35H,1-3H3/q-1. The van der Waals surface area contributed by atoms with Gasteiger partial charge < -0.3 is 0 Å². The van der Waals surface area contributed by atoms with Crippen LogP contribution in [0.1, 0.15) is 34.9 Å². The topological polar surface area (TPSA) is 51.6 Å². The molecule has 5 aliphatic rings. The van der Waals surface area contributed by atoms with Gasteiger partial charge in [-0.25, -0.2) is 0 Å². The number of hydrogen-bond acceptors (Lipinski definition) is 7. The Bertz CT molecular complexity index is 1960. The van der Waals surface area contributed by atoms with Gasteiger partial charge in [0, 0.05) is 0 Å². The number of para-hydroxylation sites is 3. The van der Waals surface area contributed by atoms with E-state index in [9.17, 15) is 0 Å². The fourth-order valence-corrected chi connectivity index (χ4v) is 24.9. The van der Waals surface area contributed by atoms with E-state index in [2.05, 4.69) is 131 Å². The van der Waals surface area contributed by atoms with E-state index >= 15 is 0 Å². The van der Waals surface area contributed by atoms with E-state index < -0.39 is 18.4 Å². The van der Waals surface area contributed by atoms with Gasteiger partial charge in [-0.1, -0.05) is 0 Å². The van der Waals surface area contributed by atoms with Gasteiger partial charge >= 0.3 is 256 Å². The molecule has 214 valence electrons. The number of fused-ring (bicyclic) bond motifs is 17. The molecular formula is C35H31IN7-. The number of benzene rings is 3. The van der Waals surface area contributed by atoms with Gasteiger partial charge in [0.2, 0.25) is 0 Å². The third kappa shape index (κ3) is 2.79. The third-order valence-electron chi connectivity index (χ3n) is 9.88. The fraction of sp³-hybridized carbons (Fsp3) is 0.229. The van der Waals surface area contributed by atoms with Crippen molar-refractivity contribution in [3.05, 3.63) is 118 Å². The first-order valence-electron chi connectivity index (χ1n) is 15.0. The predicted octanol–water partition coefficient (Wildman–Crippen LogP) is 3.96. The second-order valence-electron chi connectivity index (χ2n) is 12.3. The SMILES string of the molecule is CC(C)c1cnc2c(n1)N(c1ccccc1)C1N2c2ccccc2[I-]12C1c3ccccc3N3c4ncccc4N(C)C3C12. The molecule has 1 saturated heterocycles. The third-order valence-corrected chi connectivity index (χ3v) is 22.3. The van der Waals surface area contributed by atoms with Crippen LogP contribution in [0.3, 0.4) is 0 Å². The summed E-state index contributed by atoms with van der Waals surface area (Å²) < 4.78 is 2.77. The first-order valence-corrected chi connectivity index (χ1v) is 19.8. The Morgan fingerprint density at radius 2 is 1.44 bits per heavy atom. The number of pyridine rings is 1. The maximum atomic E-state index is 5.35. The van der Waals surface area contributed by atoms with Crippen LogP contribution in [0.15, 0.2) is 103 Å². The van der Waals surface area contributed by atoms with Crippen LogP contribution in [0.4, 0.5) is 40.2 Å². The molecule has 7 heterocycles. The average molecular weight is 677 g/mol. The molecule has 1 fully saturated rings. The summed E-state index contributed by atoms with van der Waals surface area (Å²) >= 11 is -3.03. The minimum absolute atomic E-state index is 0.178. The van der Waals surface area contributed by atoms with E-state index in [-0.39, 0.29) is 10.3 Å². The number of aromatic nitrogens is 3. The molecule has 2 aromatic heterocycles. The monoisotopic (exact) mass is 676 g/mol. The Hall–Kier alpha value is -4.18. The van der Waals surface area contributed by atoms with Crippen LogP contribution >= 0.6 is 0 Å². The average Bonchev–Trinajstić information content (AvgIpc) is 3.31. The first-order chi connectivity index (χ1) is 21.1. The molecular weight excluding hydrogens is 645 g/mol. The van der Waals surface area contributed by atoms with Crippen LogP contribution in [-0.2, 0) is 0 Å². The number of alkyl halides is 3. The predicted molar refractivity (Wildman–Crippen MR) is 167 cm³/mol. The number of anilines is 7. The molecule has 43 heavy (non-hydrogen) atoms. The Morgan fingerprint density at radius 3 is 2.28 bits per heavy atom. The van der Waals surface area contributed by atoms with Gasteiger partial charge in [-0.05, 0) is 0 Å². The Morgan fingerprint density at radius 1 is 0.698 bits per heavy atom. The number of nitrogens with zero attached hydrogens (tertiary/aromatic N) is 7. The molecule has 0 N–H and O–H groups in total. The van der Waals surface area contributed by atoms with Crippen molar-refractivity contribution >= 4 is 40.2 Å². The number of halogens is 1. The van der Waals surface area contributed by atoms with Crippen LogP contribution < -0.4 is 38.0 Å². The summed E-state index contributed by atoms with van der Waals surface area (Å²) in [5, 5.41) is 0. The summed E-state index contributed by atoms with van der Waals surface area (Å²) in [7, 11) is 2.28. The van der Waals surface area contributed by atoms with E-state index in [0.717, 1.165) is 23.1 Å². The molecule has 3 aromatic carbocycles. The van der Waals surface area contributed by atoms with Gasteiger partial charge in [-0.3, -0.25) is 0 Å². The van der Waals surface area contributed by atoms with Crippen LogP contribution in [0.5, 0.6) is 0 Å². The van der Waals surface area contributed by atoms with Crippen molar-refractivity contribution in [1.82, 2.24) is 15.0 Å². The van der Waals surface area contributed by atoms with Crippen molar-refractivity contribution in [2.24, 2.45) is 0 Å². The van der Waals surface area contributed by atoms with Crippen molar-refractivity contribution in [3.8, 4) is 0 Å². The molecule has 1 spiro atoms. The van der Waals surface area contributed by atoms with E-state index in [1.54, 1.807) is 3.57 Å². The zero-order valence-corrected chi connectivity index (χ0v) is 26.4.